The number of amides is 1. The summed E-state index contributed by atoms with van der Waals surface area (Å²) in [7, 11) is -6.79. The Morgan fingerprint density at radius 1 is 0.750 bits per heavy atom. The number of sulfone groups is 2. The number of hydrogen-bond donors (Lipinski definition) is 2. The highest BCUT2D eigenvalue weighted by molar-refractivity contribution is 7.91. The van der Waals surface area contributed by atoms with E-state index in [1.165, 1.54) is 36.4 Å². The maximum atomic E-state index is 14.1. The van der Waals surface area contributed by atoms with Gasteiger partial charge in [-0.05, 0) is 53.6 Å². The molecule has 0 saturated heterocycles. The number of halogens is 2. The highest BCUT2D eigenvalue weighted by Crippen LogP contribution is 2.30. The first kappa shape index (κ1) is 30.2. The number of nitrogens with one attached hydrogen (secondary N) is 1. The van der Waals surface area contributed by atoms with Gasteiger partial charge in [0.1, 0.15) is 11.6 Å². The van der Waals surface area contributed by atoms with Crippen LogP contribution in [-0.2, 0) is 24.5 Å². The smallest absolute Gasteiger partial charge is 0.247 e. The van der Waals surface area contributed by atoms with Gasteiger partial charge in [-0.1, -0.05) is 55.1 Å². The van der Waals surface area contributed by atoms with Crippen LogP contribution in [0.25, 0.3) is 22.3 Å². The summed E-state index contributed by atoms with van der Waals surface area (Å²) in [5, 5.41) is 2.33. The summed E-state index contributed by atoms with van der Waals surface area (Å²) >= 11 is 0. The van der Waals surface area contributed by atoms with E-state index in [1.54, 1.807) is 48.5 Å². The molecule has 0 unspecified atom stereocenters. The molecule has 208 valence electrons. The Labute approximate surface area is 231 Å². The molecule has 11 heteroatoms. The largest absolute Gasteiger partial charge is 0.396 e. The molecule has 0 aromatic heterocycles. The standard InChI is InChI=1S/C16H14FNO3S.C13H12FNO2S/c1-3-16(19)18-14-9-8-11(10-13(14)17)12-6-4-5-7-15(12)22(2,20)21;1-18(16,17)13-5-3-2-4-10(13)9-6-7-12(15)11(14)8-9/h3-10H,1H2,2H3,(H,18,19);2-8H,15H2,1H3. The highest BCUT2D eigenvalue weighted by atomic mass is 32.2. The van der Waals surface area contributed by atoms with E-state index in [0.29, 0.717) is 22.3 Å². The third kappa shape index (κ3) is 7.39. The van der Waals surface area contributed by atoms with Gasteiger partial charge in [0.2, 0.25) is 5.91 Å². The number of anilines is 2. The van der Waals surface area contributed by atoms with Crippen LogP contribution in [0, 0.1) is 11.6 Å². The molecule has 0 fully saturated rings. The van der Waals surface area contributed by atoms with Crippen molar-refractivity contribution in [2.45, 2.75) is 9.79 Å². The lowest BCUT2D eigenvalue weighted by Gasteiger charge is -2.10. The molecule has 4 rings (SSSR count). The maximum Gasteiger partial charge on any atom is 0.247 e. The van der Waals surface area contributed by atoms with E-state index in [1.807, 2.05) is 0 Å². The van der Waals surface area contributed by atoms with Crippen molar-refractivity contribution in [2.75, 3.05) is 23.6 Å². The topological polar surface area (TPSA) is 123 Å². The van der Waals surface area contributed by atoms with Gasteiger partial charge in [0.15, 0.2) is 19.7 Å². The molecule has 3 N–H and O–H groups in total. The van der Waals surface area contributed by atoms with Gasteiger partial charge >= 0.3 is 0 Å². The molecule has 0 radical (unpaired) electrons. The fraction of sp³-hybridized carbons (Fsp3) is 0.0690. The maximum absolute atomic E-state index is 14.1. The molecule has 0 saturated carbocycles. The Morgan fingerprint density at radius 2 is 1.20 bits per heavy atom. The molecular weight excluding hydrogens is 558 g/mol. The summed E-state index contributed by atoms with van der Waals surface area (Å²) in [4.78, 5) is 11.5. The summed E-state index contributed by atoms with van der Waals surface area (Å²) in [6.45, 7) is 3.29. The first-order valence-corrected chi connectivity index (χ1v) is 15.4. The number of nitrogens with two attached hydrogens (primary N) is 1. The second kappa shape index (κ2) is 12.2. The highest BCUT2D eigenvalue weighted by Gasteiger charge is 2.16. The zero-order valence-corrected chi connectivity index (χ0v) is 23.2. The minimum atomic E-state index is -3.43. The Balaban J connectivity index is 0.000000225. The SMILES string of the molecule is C=CC(=O)Nc1ccc(-c2ccccc2S(C)(=O)=O)cc1F.CS(=O)(=O)c1ccccc1-c1ccc(N)c(F)c1. The van der Waals surface area contributed by atoms with E-state index in [9.17, 15) is 30.4 Å². The van der Waals surface area contributed by atoms with Crippen LogP contribution in [0.1, 0.15) is 0 Å². The number of hydrogen-bond acceptors (Lipinski definition) is 6. The van der Waals surface area contributed by atoms with Gasteiger partial charge < -0.3 is 11.1 Å². The van der Waals surface area contributed by atoms with Crippen LogP contribution in [-0.4, -0.2) is 35.3 Å². The number of carbonyl (C=O) groups excluding carboxylic acids is 1. The lowest BCUT2D eigenvalue weighted by molar-refractivity contribution is -0.111. The zero-order valence-electron chi connectivity index (χ0n) is 21.6. The van der Waals surface area contributed by atoms with Gasteiger partial charge in [-0.15, -0.1) is 0 Å². The van der Waals surface area contributed by atoms with Gasteiger partial charge in [-0.3, -0.25) is 4.79 Å². The summed E-state index contributed by atoms with van der Waals surface area (Å²) in [5.41, 5.74) is 7.22. The predicted molar refractivity (Wildman–Crippen MR) is 153 cm³/mol. The monoisotopic (exact) mass is 584 g/mol. The Kier molecular flexibility index (Phi) is 9.23. The molecule has 0 aliphatic rings. The van der Waals surface area contributed by atoms with Crippen molar-refractivity contribution in [3.8, 4) is 22.3 Å². The van der Waals surface area contributed by atoms with Crippen molar-refractivity contribution in [3.05, 3.63) is 109 Å². The van der Waals surface area contributed by atoms with Gasteiger partial charge in [0, 0.05) is 23.6 Å². The summed E-state index contributed by atoms with van der Waals surface area (Å²) in [6.07, 6.45) is 3.26. The van der Waals surface area contributed by atoms with Crippen molar-refractivity contribution < 1.29 is 30.4 Å². The van der Waals surface area contributed by atoms with E-state index in [0.717, 1.165) is 18.6 Å². The summed E-state index contributed by atoms with van der Waals surface area (Å²) < 4.78 is 74.4. The molecule has 0 aliphatic carbocycles. The minimum Gasteiger partial charge on any atom is -0.396 e. The Morgan fingerprint density at radius 3 is 1.62 bits per heavy atom. The summed E-state index contributed by atoms with van der Waals surface area (Å²) in [6, 6.07) is 21.2. The number of rotatable bonds is 6. The quantitative estimate of drug-likeness (QED) is 0.228. The number of benzene rings is 4. The normalized spacial score (nSPS) is 11.2. The number of carbonyl (C=O) groups is 1. The molecule has 4 aromatic rings. The Hall–Kier alpha value is -4.35. The van der Waals surface area contributed by atoms with Crippen LogP contribution in [0.3, 0.4) is 0 Å². The molecule has 4 aromatic carbocycles. The van der Waals surface area contributed by atoms with Crippen LogP contribution < -0.4 is 11.1 Å². The molecule has 0 bridgehead atoms. The van der Waals surface area contributed by atoms with Crippen molar-refractivity contribution in [3.63, 3.8) is 0 Å². The van der Waals surface area contributed by atoms with E-state index in [4.69, 9.17) is 5.73 Å². The molecule has 0 atom stereocenters. The predicted octanol–water partition coefficient (Wildman–Crippen LogP) is 5.50. The molecule has 40 heavy (non-hydrogen) atoms. The molecule has 0 aliphatic heterocycles. The zero-order chi connectivity index (χ0) is 29.7. The third-order valence-corrected chi connectivity index (χ3v) is 7.92. The van der Waals surface area contributed by atoms with Crippen LogP contribution in [0.5, 0.6) is 0 Å². The fourth-order valence-corrected chi connectivity index (χ4v) is 5.54. The molecule has 0 spiro atoms. The van der Waals surface area contributed by atoms with E-state index < -0.39 is 37.2 Å². The van der Waals surface area contributed by atoms with E-state index in [2.05, 4.69) is 11.9 Å². The van der Waals surface area contributed by atoms with Crippen LogP contribution in [0.2, 0.25) is 0 Å². The van der Waals surface area contributed by atoms with Gasteiger partial charge in [0.25, 0.3) is 0 Å². The molecule has 7 nitrogen and oxygen atoms in total. The average molecular weight is 585 g/mol. The third-order valence-electron chi connectivity index (χ3n) is 5.61. The average Bonchev–Trinajstić information content (AvgIpc) is 2.90. The van der Waals surface area contributed by atoms with Crippen molar-refractivity contribution in [1.29, 1.82) is 0 Å². The van der Waals surface area contributed by atoms with Crippen LogP contribution in [0.15, 0.2) is 107 Å². The lowest BCUT2D eigenvalue weighted by atomic mass is 10.0. The van der Waals surface area contributed by atoms with Gasteiger partial charge in [-0.2, -0.15) is 0 Å². The van der Waals surface area contributed by atoms with Gasteiger partial charge in [-0.25, -0.2) is 25.6 Å². The van der Waals surface area contributed by atoms with E-state index in [-0.39, 0.29) is 21.2 Å². The second-order valence-corrected chi connectivity index (χ2v) is 12.6. The second-order valence-electron chi connectivity index (χ2n) is 8.66. The molecule has 0 heterocycles. The first-order valence-electron chi connectivity index (χ1n) is 11.6. The first-order chi connectivity index (χ1) is 18.7. The lowest BCUT2D eigenvalue weighted by Crippen LogP contribution is -2.08. The Bertz CT molecular complexity index is 1810. The summed E-state index contributed by atoms with van der Waals surface area (Å²) in [5.74, 6) is -1.74. The van der Waals surface area contributed by atoms with Crippen molar-refractivity contribution in [1.82, 2.24) is 0 Å². The minimum absolute atomic E-state index is 0.00508. The molecule has 1 amide bonds. The van der Waals surface area contributed by atoms with Crippen LogP contribution >= 0.6 is 0 Å². The van der Waals surface area contributed by atoms with E-state index >= 15 is 0 Å². The van der Waals surface area contributed by atoms with Crippen LogP contribution in [0.4, 0.5) is 20.2 Å². The fourth-order valence-electron chi connectivity index (χ4n) is 3.72. The number of nitrogen functional groups attached to an aromatic ring is 1. The van der Waals surface area contributed by atoms with Crippen molar-refractivity contribution >= 4 is 37.0 Å². The molecular formula is C29H26F2N2O5S2. The van der Waals surface area contributed by atoms with Gasteiger partial charge in [0.05, 0.1) is 21.2 Å². The van der Waals surface area contributed by atoms with Crippen molar-refractivity contribution in [2.24, 2.45) is 0 Å².